The Labute approximate surface area is 141 Å². The quantitative estimate of drug-likeness (QED) is 0.400. The fourth-order valence-electron chi connectivity index (χ4n) is 2.16. The maximum Gasteiger partial charge on any atom is 0.269 e. The minimum atomic E-state index is -0.432. The Morgan fingerprint density at radius 3 is 2.70 bits per heavy atom. The molecule has 3 rings (SSSR count). The number of benzene rings is 2. The molecule has 1 N–H and O–H groups in total. The Morgan fingerprint density at radius 1 is 1.26 bits per heavy atom. The lowest BCUT2D eigenvalue weighted by molar-refractivity contribution is -0.384. The summed E-state index contributed by atoms with van der Waals surface area (Å²) in [7, 11) is 0. The van der Waals surface area contributed by atoms with Crippen LogP contribution < -0.4 is 5.43 Å². The third-order valence-electron chi connectivity index (χ3n) is 3.39. The van der Waals surface area contributed by atoms with E-state index in [1.165, 1.54) is 12.1 Å². The molecule has 0 amide bonds. The molecule has 0 spiro atoms. The van der Waals surface area contributed by atoms with Crippen molar-refractivity contribution in [3.63, 3.8) is 0 Å². The van der Waals surface area contributed by atoms with Gasteiger partial charge >= 0.3 is 0 Å². The molecule has 0 radical (unpaired) electrons. The molecule has 1 aromatic heterocycles. The summed E-state index contributed by atoms with van der Waals surface area (Å²) in [5.41, 5.74) is 4.74. The minimum absolute atomic E-state index is 0.0526. The van der Waals surface area contributed by atoms with Gasteiger partial charge in [0.15, 0.2) is 0 Å². The number of halogens is 1. The topological polar surface area (TPSA) is 67.5 Å². The number of aryl methyl sites for hydroxylation is 1. The van der Waals surface area contributed by atoms with Gasteiger partial charge in [-0.3, -0.25) is 15.5 Å². The molecule has 2 aromatic carbocycles. The van der Waals surface area contributed by atoms with Crippen LogP contribution in [0.15, 0.2) is 47.6 Å². The fourth-order valence-corrected chi connectivity index (χ4v) is 3.39. The summed E-state index contributed by atoms with van der Waals surface area (Å²) in [5.74, 6) is 0. The van der Waals surface area contributed by atoms with E-state index in [1.807, 2.05) is 25.1 Å². The molecule has 0 fully saturated rings. The number of hydrogen-bond donors (Lipinski definition) is 1. The number of fused-ring (bicyclic) bond motifs is 1. The SMILES string of the molecule is Cc1c(C=NNc2ccc([N+](=O)[O-])cc2)sc2ccc(Cl)cc12. The summed E-state index contributed by atoms with van der Waals surface area (Å²) in [6.07, 6.45) is 1.75. The molecule has 0 bridgehead atoms. The molecule has 0 aliphatic heterocycles. The second-order valence-corrected chi connectivity index (χ2v) is 6.43. The number of thiophene rings is 1. The van der Waals surface area contributed by atoms with Crippen molar-refractivity contribution in [1.29, 1.82) is 0 Å². The van der Waals surface area contributed by atoms with E-state index in [9.17, 15) is 10.1 Å². The van der Waals surface area contributed by atoms with E-state index in [-0.39, 0.29) is 5.69 Å². The van der Waals surface area contributed by atoms with Gasteiger partial charge in [0.2, 0.25) is 0 Å². The zero-order valence-corrected chi connectivity index (χ0v) is 13.7. The summed E-state index contributed by atoms with van der Waals surface area (Å²) < 4.78 is 1.16. The number of hydrogen-bond acceptors (Lipinski definition) is 5. The van der Waals surface area contributed by atoms with Crippen LogP contribution in [0.25, 0.3) is 10.1 Å². The van der Waals surface area contributed by atoms with Crippen LogP contribution in [0.5, 0.6) is 0 Å². The highest BCUT2D eigenvalue weighted by molar-refractivity contribution is 7.20. The van der Waals surface area contributed by atoms with E-state index in [0.717, 1.165) is 20.5 Å². The highest BCUT2D eigenvalue weighted by Gasteiger charge is 2.07. The molecule has 1 heterocycles. The highest BCUT2D eigenvalue weighted by Crippen LogP contribution is 2.31. The smallest absolute Gasteiger partial charge is 0.269 e. The van der Waals surface area contributed by atoms with Gasteiger partial charge in [0.1, 0.15) is 0 Å². The van der Waals surface area contributed by atoms with Crippen LogP contribution in [0.4, 0.5) is 11.4 Å². The summed E-state index contributed by atoms with van der Waals surface area (Å²) in [6.45, 7) is 2.03. The molecular formula is C16H12ClN3O2S. The number of anilines is 1. The first-order valence-corrected chi connectivity index (χ1v) is 7.96. The molecule has 7 heteroatoms. The average Bonchev–Trinajstić information content (AvgIpc) is 2.84. The van der Waals surface area contributed by atoms with Crippen LogP contribution >= 0.6 is 22.9 Å². The van der Waals surface area contributed by atoms with Crippen LogP contribution in [0.1, 0.15) is 10.4 Å². The number of non-ortho nitro benzene ring substituents is 1. The van der Waals surface area contributed by atoms with Crippen LogP contribution in [-0.2, 0) is 0 Å². The van der Waals surface area contributed by atoms with Gasteiger partial charge in [-0.25, -0.2) is 0 Å². The maximum atomic E-state index is 10.6. The Morgan fingerprint density at radius 2 is 2.00 bits per heavy atom. The Kier molecular flexibility index (Phi) is 4.27. The third kappa shape index (κ3) is 3.33. The van der Waals surface area contributed by atoms with Gasteiger partial charge in [0, 0.05) is 21.9 Å². The van der Waals surface area contributed by atoms with Crippen LogP contribution in [0, 0.1) is 17.0 Å². The largest absolute Gasteiger partial charge is 0.278 e. The van der Waals surface area contributed by atoms with Gasteiger partial charge in [-0.1, -0.05) is 11.6 Å². The van der Waals surface area contributed by atoms with Crippen LogP contribution in [0.2, 0.25) is 5.02 Å². The van der Waals surface area contributed by atoms with E-state index >= 15 is 0 Å². The van der Waals surface area contributed by atoms with Gasteiger partial charge in [0.25, 0.3) is 5.69 Å². The normalized spacial score (nSPS) is 11.2. The number of rotatable bonds is 4. The molecule has 0 saturated carbocycles. The standard InChI is InChI=1S/C16H12ClN3O2S/c1-10-14-8-11(17)2-7-15(14)23-16(10)9-18-19-12-3-5-13(6-4-12)20(21)22/h2-9,19H,1H3. The third-order valence-corrected chi connectivity index (χ3v) is 4.83. The predicted octanol–water partition coefficient (Wildman–Crippen LogP) is 5.22. The number of nitro groups is 1. The Hall–Kier alpha value is -2.44. The Balaban J connectivity index is 1.77. The number of nitrogens with one attached hydrogen (secondary N) is 1. The van der Waals surface area contributed by atoms with E-state index in [0.29, 0.717) is 10.7 Å². The molecule has 0 unspecified atom stereocenters. The van der Waals surface area contributed by atoms with Gasteiger partial charge < -0.3 is 0 Å². The van der Waals surface area contributed by atoms with Crippen LogP contribution in [0.3, 0.4) is 0 Å². The molecule has 23 heavy (non-hydrogen) atoms. The van der Waals surface area contributed by atoms with Crippen molar-refractivity contribution in [2.45, 2.75) is 6.92 Å². The van der Waals surface area contributed by atoms with Crippen molar-refractivity contribution in [1.82, 2.24) is 0 Å². The second kappa shape index (κ2) is 6.36. The fraction of sp³-hybridized carbons (Fsp3) is 0.0625. The second-order valence-electron chi connectivity index (χ2n) is 4.91. The lowest BCUT2D eigenvalue weighted by Crippen LogP contribution is -1.91. The first-order chi connectivity index (χ1) is 11.0. The van der Waals surface area contributed by atoms with E-state index in [4.69, 9.17) is 11.6 Å². The summed E-state index contributed by atoms with van der Waals surface area (Å²) >= 11 is 7.67. The van der Waals surface area contributed by atoms with Gasteiger partial charge in [0.05, 0.1) is 21.7 Å². The van der Waals surface area contributed by atoms with E-state index in [1.54, 1.807) is 29.7 Å². The van der Waals surface area contributed by atoms with Gasteiger partial charge in [-0.15, -0.1) is 11.3 Å². The molecule has 5 nitrogen and oxygen atoms in total. The van der Waals surface area contributed by atoms with Gasteiger partial charge in [-0.05, 0) is 48.2 Å². The molecule has 0 saturated heterocycles. The van der Waals surface area contributed by atoms with Crippen molar-refractivity contribution >= 4 is 50.6 Å². The van der Waals surface area contributed by atoms with Crippen molar-refractivity contribution < 1.29 is 4.92 Å². The molecular weight excluding hydrogens is 334 g/mol. The number of nitro benzene ring substituents is 1. The van der Waals surface area contributed by atoms with Crippen molar-refractivity contribution in [2.75, 3.05) is 5.43 Å². The number of nitrogens with zero attached hydrogens (tertiary/aromatic N) is 2. The first kappa shape index (κ1) is 15.5. The molecule has 0 atom stereocenters. The average molecular weight is 346 g/mol. The highest BCUT2D eigenvalue weighted by atomic mass is 35.5. The lowest BCUT2D eigenvalue weighted by atomic mass is 10.1. The van der Waals surface area contributed by atoms with Gasteiger partial charge in [-0.2, -0.15) is 5.10 Å². The number of hydrazone groups is 1. The van der Waals surface area contributed by atoms with E-state index < -0.39 is 4.92 Å². The molecule has 3 aromatic rings. The molecule has 0 aliphatic rings. The predicted molar refractivity (Wildman–Crippen MR) is 95.9 cm³/mol. The van der Waals surface area contributed by atoms with Crippen molar-refractivity contribution in [3.8, 4) is 0 Å². The summed E-state index contributed by atoms with van der Waals surface area (Å²) in [5, 5.41) is 16.6. The monoisotopic (exact) mass is 345 g/mol. The molecule has 0 aliphatic carbocycles. The van der Waals surface area contributed by atoms with Crippen molar-refractivity contribution in [2.24, 2.45) is 5.10 Å². The minimum Gasteiger partial charge on any atom is -0.278 e. The zero-order chi connectivity index (χ0) is 16.4. The van der Waals surface area contributed by atoms with E-state index in [2.05, 4.69) is 10.5 Å². The zero-order valence-electron chi connectivity index (χ0n) is 12.1. The maximum absolute atomic E-state index is 10.6. The van der Waals surface area contributed by atoms with Crippen molar-refractivity contribution in [3.05, 3.63) is 68.0 Å². The summed E-state index contributed by atoms with van der Waals surface area (Å²) in [6, 6.07) is 11.9. The molecule has 116 valence electrons. The Bertz CT molecular complexity index is 904. The van der Waals surface area contributed by atoms with Crippen LogP contribution in [-0.4, -0.2) is 11.1 Å². The lowest BCUT2D eigenvalue weighted by Gasteiger charge is -1.99. The summed E-state index contributed by atoms with van der Waals surface area (Å²) in [4.78, 5) is 11.2. The first-order valence-electron chi connectivity index (χ1n) is 6.77.